The van der Waals surface area contributed by atoms with Crippen molar-refractivity contribution in [3.05, 3.63) is 83.6 Å². The largest absolute Gasteiger partial charge is 0.374 e. The Morgan fingerprint density at radius 3 is 1.69 bits per heavy atom. The van der Waals surface area contributed by atoms with Crippen LogP contribution in [-0.4, -0.2) is 27.6 Å². The number of thiocarbonyl (C=S) groups is 1. The summed E-state index contributed by atoms with van der Waals surface area (Å²) in [4.78, 5) is 37.1. The monoisotopic (exact) mass is 367 g/mol. The van der Waals surface area contributed by atoms with Gasteiger partial charge in [-0.05, 0) is 12.2 Å². The molecule has 3 N–H and O–H groups in total. The summed E-state index contributed by atoms with van der Waals surface area (Å²) in [5, 5.41) is 0.772. The number of rotatable bonds is 5. The maximum atomic E-state index is 12.9. The van der Waals surface area contributed by atoms with Crippen molar-refractivity contribution in [2.24, 2.45) is 5.73 Å². The molecule has 0 aliphatic heterocycles. The molecule has 1 amide bonds. The van der Waals surface area contributed by atoms with E-state index in [-0.39, 0.29) is 10.7 Å². The summed E-state index contributed by atoms with van der Waals surface area (Å²) in [5.74, 6) is -1.47. The zero-order valence-corrected chi connectivity index (χ0v) is 14.8. The highest BCUT2D eigenvalue weighted by atomic mass is 32.1. The van der Waals surface area contributed by atoms with E-state index in [1.54, 1.807) is 60.7 Å². The molecule has 0 radical (unpaired) electrons. The Kier molecular flexibility index (Phi) is 6.35. The van der Waals surface area contributed by atoms with Gasteiger partial charge in [-0.2, -0.15) is 0 Å². The summed E-state index contributed by atoms with van der Waals surface area (Å²) < 4.78 is 0. The maximum absolute atomic E-state index is 12.9. The first-order chi connectivity index (χ1) is 12.4. The molecule has 6 nitrogen and oxygen atoms in total. The van der Waals surface area contributed by atoms with Crippen LogP contribution in [0.15, 0.2) is 72.4 Å². The number of ketones is 2. The number of allylic oxidation sites excluding steroid dienone is 1. The van der Waals surface area contributed by atoms with E-state index in [2.05, 4.69) is 5.43 Å². The molecular weight excluding hydrogens is 350 g/mol. The minimum atomic E-state index is -0.508. The van der Waals surface area contributed by atoms with Crippen LogP contribution >= 0.6 is 12.2 Å². The second kappa shape index (κ2) is 8.68. The number of nitrogens with zero attached hydrogens (tertiary/aromatic N) is 1. The van der Waals surface area contributed by atoms with Gasteiger partial charge >= 0.3 is 0 Å². The number of benzene rings is 2. The van der Waals surface area contributed by atoms with Crippen molar-refractivity contribution < 1.29 is 14.4 Å². The van der Waals surface area contributed by atoms with Gasteiger partial charge in [-0.3, -0.25) is 19.8 Å². The fourth-order valence-corrected chi connectivity index (χ4v) is 2.26. The van der Waals surface area contributed by atoms with E-state index in [1.807, 2.05) is 0 Å². The number of nitrogens with two attached hydrogens (primary N) is 1. The van der Waals surface area contributed by atoms with E-state index in [1.165, 1.54) is 6.92 Å². The Hall–Kier alpha value is -3.32. The quantitative estimate of drug-likeness (QED) is 0.210. The fraction of sp³-hybridized carbons (Fsp3) is 0.0526. The average molecular weight is 367 g/mol. The number of amides is 1. The molecule has 2 rings (SSSR count). The Bertz CT molecular complexity index is 811. The normalized spacial score (nSPS) is 9.73. The van der Waals surface area contributed by atoms with Crippen LogP contribution in [-0.2, 0) is 4.79 Å². The van der Waals surface area contributed by atoms with Crippen molar-refractivity contribution in [1.29, 1.82) is 0 Å². The Morgan fingerprint density at radius 1 is 0.923 bits per heavy atom. The lowest BCUT2D eigenvalue weighted by Gasteiger charge is -2.19. The third kappa shape index (κ3) is 4.84. The predicted molar refractivity (Wildman–Crippen MR) is 102 cm³/mol. The first-order valence-corrected chi connectivity index (χ1v) is 8.08. The van der Waals surface area contributed by atoms with Gasteiger partial charge in [0.25, 0.3) is 0 Å². The molecule has 0 aliphatic carbocycles. The topological polar surface area (TPSA) is 92.5 Å². The van der Waals surface area contributed by atoms with Gasteiger partial charge in [0.15, 0.2) is 16.7 Å². The number of hydrogen-bond donors (Lipinski definition) is 2. The van der Waals surface area contributed by atoms with E-state index in [0.717, 1.165) is 11.2 Å². The Morgan fingerprint density at radius 2 is 1.35 bits per heavy atom. The molecular formula is C19H17N3O3S. The highest BCUT2D eigenvalue weighted by molar-refractivity contribution is 7.80. The summed E-state index contributed by atoms with van der Waals surface area (Å²) in [6, 6.07) is 16.7. The zero-order valence-electron chi connectivity index (χ0n) is 14.0. The number of Topliss-reactive ketones (excluding diaryl/α,β-unsaturated/α-hetero) is 2. The highest BCUT2D eigenvalue weighted by Gasteiger charge is 2.23. The summed E-state index contributed by atoms with van der Waals surface area (Å²) in [7, 11) is 0. The number of nitrogens with one attached hydrogen (secondary N) is 1. The van der Waals surface area contributed by atoms with Gasteiger partial charge in [0.1, 0.15) is 0 Å². The second-order valence-corrected chi connectivity index (χ2v) is 5.73. The molecule has 0 spiro atoms. The lowest BCUT2D eigenvalue weighted by molar-refractivity contribution is -0.121. The van der Waals surface area contributed by atoms with Crippen LogP contribution < -0.4 is 11.2 Å². The molecule has 0 saturated carbocycles. The molecule has 0 unspecified atom stereocenters. The van der Waals surface area contributed by atoms with Crippen LogP contribution in [0, 0.1) is 0 Å². The molecule has 26 heavy (non-hydrogen) atoms. The minimum absolute atomic E-state index is 0.177. The third-order valence-corrected chi connectivity index (χ3v) is 3.53. The molecule has 0 fully saturated rings. The van der Waals surface area contributed by atoms with Crippen molar-refractivity contribution in [3.8, 4) is 0 Å². The van der Waals surface area contributed by atoms with E-state index >= 15 is 0 Å². The number of hydrazine groups is 1. The first kappa shape index (κ1) is 19.0. The van der Waals surface area contributed by atoms with Crippen molar-refractivity contribution >= 4 is 34.8 Å². The molecule has 7 heteroatoms. The summed E-state index contributed by atoms with van der Waals surface area (Å²) >= 11 is 4.88. The van der Waals surface area contributed by atoms with Gasteiger partial charge in [0.05, 0.1) is 5.57 Å². The fourth-order valence-electron chi connectivity index (χ4n) is 2.16. The highest BCUT2D eigenvalue weighted by Crippen LogP contribution is 2.15. The second-order valence-electron chi connectivity index (χ2n) is 5.31. The lowest BCUT2D eigenvalue weighted by atomic mass is 9.96. The van der Waals surface area contributed by atoms with Gasteiger partial charge in [-0.25, -0.2) is 5.01 Å². The molecule has 2 aromatic carbocycles. The molecule has 0 aliphatic rings. The van der Waals surface area contributed by atoms with Gasteiger partial charge in [-0.1, -0.05) is 60.7 Å². The summed E-state index contributed by atoms with van der Waals surface area (Å²) in [6.07, 6.45) is 1.15. The van der Waals surface area contributed by atoms with Gasteiger partial charge in [0, 0.05) is 24.3 Å². The van der Waals surface area contributed by atoms with E-state index in [4.69, 9.17) is 18.0 Å². The molecule has 0 bridgehead atoms. The van der Waals surface area contributed by atoms with Crippen molar-refractivity contribution in [2.45, 2.75) is 6.92 Å². The molecule has 0 heterocycles. The van der Waals surface area contributed by atoms with Crippen LogP contribution in [0.4, 0.5) is 0 Å². The van der Waals surface area contributed by atoms with E-state index < -0.39 is 17.5 Å². The van der Waals surface area contributed by atoms with Crippen LogP contribution in [0.1, 0.15) is 27.6 Å². The van der Waals surface area contributed by atoms with E-state index in [9.17, 15) is 14.4 Å². The van der Waals surface area contributed by atoms with Gasteiger partial charge in [0.2, 0.25) is 5.91 Å². The SMILES string of the molecule is CC(=O)NN(C=C(C(=O)c1ccccc1)C(=O)c1ccccc1)C(N)=S. The molecule has 0 saturated heterocycles. The van der Waals surface area contributed by atoms with Crippen molar-refractivity contribution in [2.75, 3.05) is 0 Å². The van der Waals surface area contributed by atoms with Gasteiger partial charge < -0.3 is 5.73 Å². The Balaban J connectivity index is 2.52. The number of carbonyl (C=O) groups is 3. The minimum Gasteiger partial charge on any atom is -0.374 e. The van der Waals surface area contributed by atoms with E-state index in [0.29, 0.717) is 11.1 Å². The molecule has 0 atom stereocenters. The van der Waals surface area contributed by atoms with Crippen LogP contribution in [0.3, 0.4) is 0 Å². The first-order valence-electron chi connectivity index (χ1n) is 7.67. The Labute approximate surface area is 156 Å². The van der Waals surface area contributed by atoms with Crippen LogP contribution in [0.2, 0.25) is 0 Å². The van der Waals surface area contributed by atoms with Gasteiger partial charge in [-0.15, -0.1) is 0 Å². The van der Waals surface area contributed by atoms with Crippen LogP contribution in [0.25, 0.3) is 0 Å². The van der Waals surface area contributed by atoms with Crippen molar-refractivity contribution in [1.82, 2.24) is 10.4 Å². The predicted octanol–water partition coefficient (Wildman–Crippen LogP) is 2.23. The standard InChI is InChI=1S/C19H17N3O3S/c1-13(23)21-22(19(20)26)12-16(17(24)14-8-4-2-5-9-14)18(25)15-10-6-3-7-11-15/h2-12H,1H3,(H2,20,26)(H,21,23). The van der Waals surface area contributed by atoms with Crippen molar-refractivity contribution in [3.63, 3.8) is 0 Å². The lowest BCUT2D eigenvalue weighted by Crippen LogP contribution is -2.45. The number of carbonyl (C=O) groups excluding carboxylic acids is 3. The maximum Gasteiger partial charge on any atom is 0.235 e. The molecule has 0 aromatic heterocycles. The third-order valence-electron chi connectivity index (χ3n) is 3.33. The summed E-state index contributed by atoms with van der Waals surface area (Å²) in [5.41, 5.74) is 8.43. The molecule has 2 aromatic rings. The smallest absolute Gasteiger partial charge is 0.235 e. The summed E-state index contributed by atoms with van der Waals surface area (Å²) in [6.45, 7) is 1.26. The molecule has 132 valence electrons. The average Bonchev–Trinajstić information content (AvgIpc) is 2.65. The van der Waals surface area contributed by atoms with Crippen LogP contribution in [0.5, 0.6) is 0 Å². The zero-order chi connectivity index (χ0) is 19.1. The number of hydrogen-bond acceptors (Lipinski definition) is 4.